The number of halogens is 1. The van der Waals surface area contributed by atoms with Crippen LogP contribution in [0.25, 0.3) is 10.6 Å². The molecular weight excluding hydrogens is 357 g/mol. The predicted octanol–water partition coefficient (Wildman–Crippen LogP) is 2.65. The highest BCUT2D eigenvalue weighted by Crippen LogP contribution is 2.29. The van der Waals surface area contributed by atoms with E-state index >= 15 is 0 Å². The molecule has 3 rings (SSSR count). The van der Waals surface area contributed by atoms with Gasteiger partial charge in [-0.05, 0) is 19.1 Å². The van der Waals surface area contributed by atoms with Gasteiger partial charge in [0.15, 0.2) is 0 Å². The van der Waals surface area contributed by atoms with Crippen molar-refractivity contribution in [1.29, 1.82) is 0 Å². The van der Waals surface area contributed by atoms with E-state index in [1.54, 1.807) is 27.3 Å². The van der Waals surface area contributed by atoms with Crippen molar-refractivity contribution in [3.63, 3.8) is 0 Å². The summed E-state index contributed by atoms with van der Waals surface area (Å²) in [4.78, 5) is 31.7. The zero-order valence-corrected chi connectivity index (χ0v) is 15.5. The molecule has 8 heteroatoms. The van der Waals surface area contributed by atoms with Crippen LogP contribution in [0.2, 0.25) is 0 Å². The van der Waals surface area contributed by atoms with Crippen molar-refractivity contribution in [3.05, 3.63) is 35.1 Å². The Morgan fingerprint density at radius 1 is 1.23 bits per heavy atom. The largest absolute Gasteiger partial charge is 0.494 e. The Morgan fingerprint density at radius 3 is 2.54 bits per heavy atom. The predicted molar refractivity (Wildman–Crippen MR) is 96.8 cm³/mol. The summed E-state index contributed by atoms with van der Waals surface area (Å²) >= 11 is 1.23. The maximum atomic E-state index is 14.3. The number of carbonyl (C=O) groups is 2. The molecule has 6 nitrogen and oxygen atoms in total. The lowest BCUT2D eigenvalue weighted by atomic mass is 10.2. The molecule has 0 spiro atoms. The van der Waals surface area contributed by atoms with Gasteiger partial charge in [-0.1, -0.05) is 0 Å². The topological polar surface area (TPSA) is 62.7 Å². The van der Waals surface area contributed by atoms with Crippen LogP contribution in [0.15, 0.2) is 23.6 Å². The van der Waals surface area contributed by atoms with Crippen molar-refractivity contribution in [2.75, 3.05) is 32.8 Å². The van der Waals surface area contributed by atoms with Gasteiger partial charge in [0.25, 0.3) is 5.91 Å². The highest BCUT2D eigenvalue weighted by atomic mass is 32.1. The van der Waals surface area contributed by atoms with Gasteiger partial charge in [0.05, 0.1) is 6.61 Å². The van der Waals surface area contributed by atoms with E-state index in [2.05, 4.69) is 4.98 Å². The molecule has 1 aromatic carbocycles. The SMILES string of the molecule is CCOc1ccc(-c2nc(C(=O)N3CCN(C(C)=O)CC3)cs2)c(F)c1. The van der Waals surface area contributed by atoms with E-state index in [4.69, 9.17) is 4.74 Å². The first-order valence-electron chi connectivity index (χ1n) is 8.42. The lowest BCUT2D eigenvalue weighted by molar-refractivity contribution is -0.130. The molecule has 138 valence electrons. The zero-order valence-electron chi connectivity index (χ0n) is 14.7. The minimum absolute atomic E-state index is 0.0130. The minimum Gasteiger partial charge on any atom is -0.494 e. The molecule has 26 heavy (non-hydrogen) atoms. The fourth-order valence-electron chi connectivity index (χ4n) is 2.81. The molecule has 1 aliphatic rings. The van der Waals surface area contributed by atoms with Gasteiger partial charge in [-0.25, -0.2) is 9.37 Å². The molecule has 2 aromatic rings. The van der Waals surface area contributed by atoms with Crippen molar-refractivity contribution in [1.82, 2.24) is 14.8 Å². The van der Waals surface area contributed by atoms with Gasteiger partial charge in [0.2, 0.25) is 5.91 Å². The average Bonchev–Trinajstić information content (AvgIpc) is 3.11. The van der Waals surface area contributed by atoms with Gasteiger partial charge < -0.3 is 14.5 Å². The fraction of sp³-hybridized carbons (Fsp3) is 0.389. The Hall–Kier alpha value is -2.48. The monoisotopic (exact) mass is 377 g/mol. The highest BCUT2D eigenvalue weighted by molar-refractivity contribution is 7.13. The number of aromatic nitrogens is 1. The second-order valence-corrected chi connectivity index (χ2v) is 6.77. The fourth-order valence-corrected chi connectivity index (χ4v) is 3.63. The number of hydrogen-bond donors (Lipinski definition) is 0. The summed E-state index contributed by atoms with van der Waals surface area (Å²) in [5, 5.41) is 2.10. The first-order valence-corrected chi connectivity index (χ1v) is 9.30. The average molecular weight is 377 g/mol. The van der Waals surface area contributed by atoms with Gasteiger partial charge in [-0.2, -0.15) is 0 Å². The Kier molecular flexibility index (Phi) is 5.51. The molecule has 2 amide bonds. The standard InChI is InChI=1S/C18H20FN3O3S/c1-3-25-13-4-5-14(15(19)10-13)17-20-16(11-26-17)18(24)22-8-6-21(7-9-22)12(2)23/h4-5,10-11H,3,6-9H2,1-2H3. The van der Waals surface area contributed by atoms with Gasteiger partial charge in [0, 0.05) is 50.1 Å². The molecular formula is C18H20FN3O3S. The second kappa shape index (κ2) is 7.82. The molecule has 1 fully saturated rings. The summed E-state index contributed by atoms with van der Waals surface area (Å²) in [6, 6.07) is 4.62. The highest BCUT2D eigenvalue weighted by Gasteiger charge is 2.25. The summed E-state index contributed by atoms with van der Waals surface area (Å²) in [7, 11) is 0. The molecule has 1 saturated heterocycles. The summed E-state index contributed by atoms with van der Waals surface area (Å²) in [5.41, 5.74) is 0.647. The molecule has 0 N–H and O–H groups in total. The van der Waals surface area contributed by atoms with Crippen molar-refractivity contribution < 1.29 is 18.7 Å². The van der Waals surface area contributed by atoms with Crippen LogP contribution >= 0.6 is 11.3 Å². The number of carbonyl (C=O) groups excluding carboxylic acids is 2. The van der Waals surface area contributed by atoms with Crippen molar-refractivity contribution in [2.45, 2.75) is 13.8 Å². The Labute approximate surface area is 155 Å². The van der Waals surface area contributed by atoms with Crippen LogP contribution in [-0.4, -0.2) is 59.4 Å². The molecule has 2 heterocycles. The van der Waals surface area contributed by atoms with Gasteiger partial charge >= 0.3 is 0 Å². The number of ether oxygens (including phenoxy) is 1. The first-order chi connectivity index (χ1) is 12.5. The molecule has 1 aliphatic heterocycles. The molecule has 0 bridgehead atoms. The van der Waals surface area contributed by atoms with E-state index in [9.17, 15) is 14.0 Å². The van der Waals surface area contributed by atoms with E-state index in [0.29, 0.717) is 54.8 Å². The number of thiazole rings is 1. The van der Waals surface area contributed by atoms with Crippen LogP contribution in [0.3, 0.4) is 0 Å². The maximum Gasteiger partial charge on any atom is 0.273 e. The molecule has 1 aromatic heterocycles. The van der Waals surface area contributed by atoms with Crippen LogP contribution in [0.4, 0.5) is 4.39 Å². The third-order valence-electron chi connectivity index (χ3n) is 4.22. The van der Waals surface area contributed by atoms with Crippen LogP contribution in [0, 0.1) is 5.82 Å². The van der Waals surface area contributed by atoms with E-state index in [-0.39, 0.29) is 11.8 Å². The van der Waals surface area contributed by atoms with Crippen LogP contribution in [-0.2, 0) is 4.79 Å². The van der Waals surface area contributed by atoms with Crippen LogP contribution in [0.1, 0.15) is 24.3 Å². The lowest BCUT2D eigenvalue weighted by Gasteiger charge is -2.33. The van der Waals surface area contributed by atoms with E-state index < -0.39 is 5.82 Å². The van der Waals surface area contributed by atoms with E-state index in [0.717, 1.165) is 0 Å². The maximum absolute atomic E-state index is 14.3. The normalized spacial score (nSPS) is 14.4. The van der Waals surface area contributed by atoms with Crippen molar-refractivity contribution >= 4 is 23.2 Å². The first kappa shape index (κ1) is 18.3. The van der Waals surface area contributed by atoms with Gasteiger partial charge in [-0.3, -0.25) is 9.59 Å². The minimum atomic E-state index is -0.431. The molecule has 0 radical (unpaired) electrons. The van der Waals surface area contributed by atoms with E-state index in [1.165, 1.54) is 24.3 Å². The van der Waals surface area contributed by atoms with Crippen molar-refractivity contribution in [3.8, 4) is 16.3 Å². The van der Waals surface area contributed by atoms with Gasteiger partial charge in [-0.15, -0.1) is 11.3 Å². The smallest absolute Gasteiger partial charge is 0.273 e. The molecule has 0 aliphatic carbocycles. The summed E-state index contributed by atoms with van der Waals surface area (Å²) in [5.74, 6) is -0.148. The number of amides is 2. The molecule has 0 atom stereocenters. The third kappa shape index (κ3) is 3.85. The van der Waals surface area contributed by atoms with E-state index in [1.807, 2.05) is 6.92 Å². The Morgan fingerprint density at radius 2 is 1.92 bits per heavy atom. The lowest BCUT2D eigenvalue weighted by Crippen LogP contribution is -2.50. The molecule has 0 unspecified atom stereocenters. The quantitative estimate of drug-likeness (QED) is 0.822. The Balaban J connectivity index is 1.72. The van der Waals surface area contributed by atoms with Crippen LogP contribution in [0.5, 0.6) is 5.75 Å². The van der Waals surface area contributed by atoms with Crippen molar-refractivity contribution in [2.24, 2.45) is 0 Å². The van der Waals surface area contributed by atoms with Crippen LogP contribution < -0.4 is 4.74 Å². The summed E-state index contributed by atoms with van der Waals surface area (Å²) in [6.45, 7) is 5.81. The number of piperazine rings is 1. The molecule has 0 saturated carbocycles. The second-order valence-electron chi connectivity index (χ2n) is 5.91. The Bertz CT molecular complexity index is 816. The number of rotatable bonds is 4. The summed E-state index contributed by atoms with van der Waals surface area (Å²) in [6.07, 6.45) is 0. The number of hydrogen-bond acceptors (Lipinski definition) is 5. The number of benzene rings is 1. The number of nitrogens with zero attached hydrogens (tertiary/aromatic N) is 3. The third-order valence-corrected chi connectivity index (χ3v) is 5.09. The zero-order chi connectivity index (χ0) is 18.7. The summed E-state index contributed by atoms with van der Waals surface area (Å²) < 4.78 is 19.6. The van der Waals surface area contributed by atoms with Gasteiger partial charge in [0.1, 0.15) is 22.3 Å².